The molecule has 2 aromatic heterocycles. The van der Waals surface area contributed by atoms with E-state index in [9.17, 15) is 0 Å². The van der Waals surface area contributed by atoms with Gasteiger partial charge < -0.3 is 4.42 Å². The van der Waals surface area contributed by atoms with Crippen molar-refractivity contribution in [3.63, 3.8) is 0 Å². The third-order valence-electron chi connectivity index (χ3n) is 3.21. The van der Waals surface area contributed by atoms with Crippen LogP contribution in [0.5, 0.6) is 0 Å². The lowest BCUT2D eigenvalue weighted by Crippen LogP contribution is -1.84. The molecule has 0 radical (unpaired) electrons. The molecule has 0 aliphatic carbocycles. The first-order chi connectivity index (χ1) is 9.20. The average molecular weight is 270 g/mol. The molecule has 96 valence electrons. The SMILES string of the molecule is CSc1cc(C)c2nc(-c3ccncc3)oc2c1C. The van der Waals surface area contributed by atoms with Crippen LogP contribution in [0.2, 0.25) is 0 Å². The second-order valence-corrected chi connectivity index (χ2v) is 5.30. The first-order valence-corrected chi connectivity index (χ1v) is 7.28. The van der Waals surface area contributed by atoms with E-state index in [0.29, 0.717) is 5.89 Å². The molecule has 0 bridgehead atoms. The summed E-state index contributed by atoms with van der Waals surface area (Å²) < 4.78 is 5.96. The topological polar surface area (TPSA) is 38.9 Å². The second kappa shape index (κ2) is 4.70. The maximum absolute atomic E-state index is 5.96. The Bertz CT molecular complexity index is 735. The molecule has 0 atom stereocenters. The number of hydrogen-bond acceptors (Lipinski definition) is 4. The zero-order valence-corrected chi connectivity index (χ0v) is 11.9. The van der Waals surface area contributed by atoms with Gasteiger partial charge in [0.1, 0.15) is 5.52 Å². The van der Waals surface area contributed by atoms with E-state index in [0.717, 1.165) is 27.8 Å². The number of rotatable bonds is 2. The van der Waals surface area contributed by atoms with Crippen molar-refractivity contribution in [2.24, 2.45) is 0 Å². The molecule has 0 aliphatic heterocycles. The normalized spacial score (nSPS) is 11.1. The summed E-state index contributed by atoms with van der Waals surface area (Å²) in [6, 6.07) is 5.98. The number of aryl methyl sites for hydroxylation is 2. The van der Waals surface area contributed by atoms with Gasteiger partial charge in [0.2, 0.25) is 5.89 Å². The lowest BCUT2D eigenvalue weighted by molar-refractivity contribution is 0.616. The van der Waals surface area contributed by atoms with E-state index in [2.05, 4.69) is 36.1 Å². The van der Waals surface area contributed by atoms with Crippen LogP contribution in [0.15, 0.2) is 39.9 Å². The minimum Gasteiger partial charge on any atom is -0.436 e. The van der Waals surface area contributed by atoms with Crippen LogP contribution in [0.1, 0.15) is 11.1 Å². The fourth-order valence-electron chi connectivity index (χ4n) is 2.16. The summed E-state index contributed by atoms with van der Waals surface area (Å²) in [4.78, 5) is 9.87. The molecule has 0 N–H and O–H groups in total. The summed E-state index contributed by atoms with van der Waals surface area (Å²) in [5.41, 5.74) is 5.09. The van der Waals surface area contributed by atoms with E-state index >= 15 is 0 Å². The Morgan fingerprint density at radius 3 is 2.58 bits per heavy atom. The van der Waals surface area contributed by atoms with Crippen molar-refractivity contribution in [3.05, 3.63) is 41.7 Å². The number of pyridine rings is 1. The quantitative estimate of drug-likeness (QED) is 0.653. The number of oxazole rings is 1. The largest absolute Gasteiger partial charge is 0.436 e. The van der Waals surface area contributed by atoms with Gasteiger partial charge in [-0.25, -0.2) is 4.98 Å². The number of benzene rings is 1. The third-order valence-corrected chi connectivity index (χ3v) is 4.07. The van der Waals surface area contributed by atoms with Crippen molar-refractivity contribution >= 4 is 22.9 Å². The van der Waals surface area contributed by atoms with E-state index in [1.54, 1.807) is 24.2 Å². The van der Waals surface area contributed by atoms with Crippen LogP contribution in [0.25, 0.3) is 22.6 Å². The second-order valence-electron chi connectivity index (χ2n) is 4.45. The Morgan fingerprint density at radius 2 is 1.89 bits per heavy atom. The average Bonchev–Trinajstić information content (AvgIpc) is 2.90. The summed E-state index contributed by atoms with van der Waals surface area (Å²) in [5.74, 6) is 0.654. The number of thioether (sulfide) groups is 1. The molecule has 0 spiro atoms. The molecule has 1 aromatic carbocycles. The van der Waals surface area contributed by atoms with Crippen LogP contribution in [0.4, 0.5) is 0 Å². The van der Waals surface area contributed by atoms with Crippen molar-refractivity contribution in [2.45, 2.75) is 18.7 Å². The number of nitrogens with zero attached hydrogens (tertiary/aromatic N) is 2. The Hall–Kier alpha value is -1.81. The highest BCUT2D eigenvalue weighted by Gasteiger charge is 2.14. The molecule has 2 heterocycles. The first-order valence-electron chi connectivity index (χ1n) is 6.06. The van der Waals surface area contributed by atoms with Gasteiger partial charge >= 0.3 is 0 Å². The van der Waals surface area contributed by atoms with Gasteiger partial charge in [0.15, 0.2) is 5.58 Å². The summed E-state index contributed by atoms with van der Waals surface area (Å²) in [7, 11) is 0. The molecule has 19 heavy (non-hydrogen) atoms. The fourth-order valence-corrected chi connectivity index (χ4v) is 2.85. The highest BCUT2D eigenvalue weighted by atomic mass is 32.2. The van der Waals surface area contributed by atoms with Gasteiger partial charge in [-0.15, -0.1) is 11.8 Å². The monoisotopic (exact) mass is 270 g/mol. The van der Waals surface area contributed by atoms with Crippen molar-refractivity contribution in [1.29, 1.82) is 0 Å². The van der Waals surface area contributed by atoms with Crippen LogP contribution in [0, 0.1) is 13.8 Å². The third kappa shape index (κ3) is 2.02. The maximum atomic E-state index is 5.96. The van der Waals surface area contributed by atoms with E-state index in [1.165, 1.54) is 4.90 Å². The molecule has 0 amide bonds. The molecule has 3 rings (SSSR count). The summed E-state index contributed by atoms with van der Waals surface area (Å²) in [6.45, 7) is 4.15. The molecule has 3 nitrogen and oxygen atoms in total. The molecule has 0 saturated heterocycles. The van der Waals surface area contributed by atoms with Gasteiger partial charge in [0.25, 0.3) is 0 Å². The van der Waals surface area contributed by atoms with Gasteiger partial charge in [-0.3, -0.25) is 4.98 Å². The maximum Gasteiger partial charge on any atom is 0.227 e. The fraction of sp³-hybridized carbons (Fsp3) is 0.200. The molecule has 4 heteroatoms. The minimum absolute atomic E-state index is 0.654. The van der Waals surface area contributed by atoms with E-state index in [1.807, 2.05) is 12.1 Å². The van der Waals surface area contributed by atoms with Crippen LogP contribution < -0.4 is 0 Å². The van der Waals surface area contributed by atoms with Gasteiger partial charge in [-0.1, -0.05) is 0 Å². The Morgan fingerprint density at radius 1 is 1.16 bits per heavy atom. The van der Waals surface area contributed by atoms with Crippen LogP contribution in [-0.4, -0.2) is 16.2 Å². The number of fused-ring (bicyclic) bond motifs is 1. The van der Waals surface area contributed by atoms with Crippen molar-refractivity contribution in [1.82, 2.24) is 9.97 Å². The molecule has 0 aliphatic rings. The molecule has 0 saturated carbocycles. The van der Waals surface area contributed by atoms with Crippen LogP contribution in [-0.2, 0) is 0 Å². The zero-order valence-electron chi connectivity index (χ0n) is 11.1. The summed E-state index contributed by atoms with van der Waals surface area (Å²) in [5, 5.41) is 0. The van der Waals surface area contributed by atoms with E-state index in [-0.39, 0.29) is 0 Å². The van der Waals surface area contributed by atoms with Crippen LogP contribution in [0.3, 0.4) is 0 Å². The van der Waals surface area contributed by atoms with Crippen LogP contribution >= 0.6 is 11.8 Å². The minimum atomic E-state index is 0.654. The molecule has 0 unspecified atom stereocenters. The summed E-state index contributed by atoms with van der Waals surface area (Å²) in [6.07, 6.45) is 5.57. The standard InChI is InChI=1S/C15H14N2OS/c1-9-8-12(19-3)10(2)14-13(9)17-15(18-14)11-4-6-16-7-5-11/h4-8H,1-3H3. The van der Waals surface area contributed by atoms with Crippen molar-refractivity contribution in [3.8, 4) is 11.5 Å². The predicted molar refractivity (Wildman–Crippen MR) is 78.5 cm³/mol. The highest BCUT2D eigenvalue weighted by Crippen LogP contribution is 2.33. The Balaban J connectivity index is 2.27. The molecular formula is C15H14N2OS. The van der Waals surface area contributed by atoms with E-state index in [4.69, 9.17) is 4.42 Å². The number of aromatic nitrogens is 2. The van der Waals surface area contributed by atoms with Crippen molar-refractivity contribution < 1.29 is 4.42 Å². The lowest BCUT2D eigenvalue weighted by Gasteiger charge is -2.03. The first kappa shape index (κ1) is 12.2. The Kier molecular flexibility index (Phi) is 3.03. The molecule has 3 aromatic rings. The molecular weight excluding hydrogens is 256 g/mol. The molecule has 0 fully saturated rings. The van der Waals surface area contributed by atoms with Crippen molar-refractivity contribution in [2.75, 3.05) is 6.26 Å². The number of hydrogen-bond donors (Lipinski definition) is 0. The van der Waals surface area contributed by atoms with E-state index < -0.39 is 0 Å². The van der Waals surface area contributed by atoms with Gasteiger partial charge in [-0.2, -0.15) is 0 Å². The predicted octanol–water partition coefficient (Wildman–Crippen LogP) is 4.23. The van der Waals surface area contributed by atoms with Gasteiger partial charge in [-0.05, 0) is 43.9 Å². The Labute approximate surface area is 116 Å². The van der Waals surface area contributed by atoms with Gasteiger partial charge in [0.05, 0.1) is 0 Å². The lowest BCUT2D eigenvalue weighted by atomic mass is 10.1. The van der Waals surface area contributed by atoms with Gasteiger partial charge in [0, 0.05) is 28.4 Å². The summed E-state index contributed by atoms with van der Waals surface area (Å²) >= 11 is 1.73. The smallest absolute Gasteiger partial charge is 0.227 e. The zero-order chi connectivity index (χ0) is 13.4. The highest BCUT2D eigenvalue weighted by molar-refractivity contribution is 7.98.